The standard InChI is InChI=1S/C9H15F3N2O/c10-9(11,12)6-14-5-1-2-8(14)3-4-13-7-15/h7-8H,1-6H2,(H,13,15). The van der Waals surface area contributed by atoms with Crippen LogP contribution < -0.4 is 5.32 Å². The summed E-state index contributed by atoms with van der Waals surface area (Å²) < 4.78 is 36.5. The van der Waals surface area contributed by atoms with Gasteiger partial charge in [-0.2, -0.15) is 13.2 Å². The fourth-order valence-corrected chi connectivity index (χ4v) is 1.97. The number of nitrogens with one attached hydrogen (secondary N) is 1. The highest BCUT2D eigenvalue weighted by molar-refractivity contribution is 5.45. The minimum atomic E-state index is -4.12. The highest BCUT2D eigenvalue weighted by Gasteiger charge is 2.35. The zero-order valence-corrected chi connectivity index (χ0v) is 8.39. The number of hydrogen-bond acceptors (Lipinski definition) is 2. The lowest BCUT2D eigenvalue weighted by atomic mass is 10.1. The minimum absolute atomic E-state index is 0.0425. The van der Waals surface area contributed by atoms with Gasteiger partial charge in [0.25, 0.3) is 0 Å². The van der Waals surface area contributed by atoms with Crippen molar-refractivity contribution in [3.63, 3.8) is 0 Å². The van der Waals surface area contributed by atoms with Crippen molar-refractivity contribution in [2.24, 2.45) is 0 Å². The summed E-state index contributed by atoms with van der Waals surface area (Å²) in [6.07, 6.45) is -1.36. The van der Waals surface area contributed by atoms with Crippen LogP contribution in [-0.4, -0.2) is 43.2 Å². The molecule has 1 unspecified atom stereocenters. The highest BCUT2D eigenvalue weighted by atomic mass is 19.4. The third kappa shape index (κ3) is 4.51. The van der Waals surface area contributed by atoms with Gasteiger partial charge in [-0.1, -0.05) is 0 Å². The quantitative estimate of drug-likeness (QED) is 0.561. The number of hydrogen-bond donors (Lipinski definition) is 1. The molecule has 3 nitrogen and oxygen atoms in total. The second-order valence-corrected chi connectivity index (χ2v) is 3.74. The van der Waals surface area contributed by atoms with Crippen LogP contribution in [-0.2, 0) is 4.79 Å². The Labute approximate surface area is 86.6 Å². The lowest BCUT2D eigenvalue weighted by molar-refractivity contribution is -0.147. The van der Waals surface area contributed by atoms with Gasteiger partial charge in [-0.15, -0.1) is 0 Å². The summed E-state index contributed by atoms with van der Waals surface area (Å²) >= 11 is 0. The van der Waals surface area contributed by atoms with Crippen molar-refractivity contribution in [3.8, 4) is 0 Å². The van der Waals surface area contributed by atoms with E-state index in [1.54, 1.807) is 0 Å². The van der Waals surface area contributed by atoms with Gasteiger partial charge in [0.2, 0.25) is 6.41 Å². The van der Waals surface area contributed by atoms with Gasteiger partial charge in [-0.3, -0.25) is 9.69 Å². The molecule has 15 heavy (non-hydrogen) atoms. The second kappa shape index (κ2) is 5.34. The van der Waals surface area contributed by atoms with E-state index in [2.05, 4.69) is 5.32 Å². The van der Waals surface area contributed by atoms with E-state index in [-0.39, 0.29) is 6.04 Å². The maximum Gasteiger partial charge on any atom is 0.401 e. The molecule has 6 heteroatoms. The highest BCUT2D eigenvalue weighted by Crippen LogP contribution is 2.25. The van der Waals surface area contributed by atoms with Crippen LogP contribution in [0.15, 0.2) is 0 Å². The number of likely N-dealkylation sites (tertiary alicyclic amines) is 1. The van der Waals surface area contributed by atoms with Crippen molar-refractivity contribution in [1.82, 2.24) is 10.2 Å². The van der Waals surface area contributed by atoms with E-state index < -0.39 is 12.7 Å². The number of rotatable bonds is 5. The molecule has 1 N–H and O–H groups in total. The van der Waals surface area contributed by atoms with Crippen LogP contribution in [0.1, 0.15) is 19.3 Å². The van der Waals surface area contributed by atoms with Crippen LogP contribution in [0, 0.1) is 0 Å². The Kier molecular flexibility index (Phi) is 4.38. The van der Waals surface area contributed by atoms with Crippen molar-refractivity contribution < 1.29 is 18.0 Å². The van der Waals surface area contributed by atoms with Crippen molar-refractivity contribution in [2.75, 3.05) is 19.6 Å². The van der Waals surface area contributed by atoms with Gasteiger partial charge in [-0.25, -0.2) is 0 Å². The molecule has 0 bridgehead atoms. The van der Waals surface area contributed by atoms with E-state index in [1.807, 2.05) is 0 Å². The van der Waals surface area contributed by atoms with Gasteiger partial charge in [0, 0.05) is 12.6 Å². The zero-order valence-electron chi connectivity index (χ0n) is 8.39. The fraction of sp³-hybridized carbons (Fsp3) is 0.889. The summed E-state index contributed by atoms with van der Waals surface area (Å²) in [5.74, 6) is 0. The molecule has 1 saturated heterocycles. The molecule has 0 aliphatic carbocycles. The molecule has 0 saturated carbocycles. The Morgan fingerprint density at radius 1 is 1.47 bits per heavy atom. The molecule has 1 rings (SSSR count). The number of nitrogens with zero attached hydrogens (tertiary/aromatic N) is 1. The van der Waals surface area contributed by atoms with E-state index >= 15 is 0 Å². The van der Waals surface area contributed by atoms with E-state index in [9.17, 15) is 18.0 Å². The third-order valence-corrected chi connectivity index (χ3v) is 2.59. The van der Waals surface area contributed by atoms with Crippen LogP contribution in [0.25, 0.3) is 0 Å². The Bertz CT molecular complexity index is 208. The normalized spacial score (nSPS) is 23.0. The number of amides is 1. The van der Waals surface area contributed by atoms with Gasteiger partial charge >= 0.3 is 6.18 Å². The summed E-state index contributed by atoms with van der Waals surface area (Å²) in [5.41, 5.74) is 0. The lowest BCUT2D eigenvalue weighted by Gasteiger charge is -2.25. The van der Waals surface area contributed by atoms with E-state index in [4.69, 9.17) is 0 Å². The number of alkyl halides is 3. The van der Waals surface area contributed by atoms with E-state index in [0.717, 1.165) is 12.8 Å². The molecule has 1 atom stereocenters. The van der Waals surface area contributed by atoms with Crippen molar-refractivity contribution in [1.29, 1.82) is 0 Å². The SMILES string of the molecule is O=CNCCC1CCCN1CC(F)(F)F. The van der Waals surface area contributed by atoms with Gasteiger partial charge in [0.15, 0.2) is 0 Å². The predicted molar refractivity (Wildman–Crippen MR) is 49.3 cm³/mol. The zero-order chi connectivity index (χ0) is 11.3. The summed E-state index contributed by atoms with van der Waals surface area (Å²) in [5, 5.41) is 2.47. The lowest BCUT2D eigenvalue weighted by Crippen LogP contribution is -2.39. The van der Waals surface area contributed by atoms with Crippen LogP contribution in [0.2, 0.25) is 0 Å². The molecule has 1 heterocycles. The summed E-state index contributed by atoms with van der Waals surface area (Å²) in [6.45, 7) is 0.118. The first-order chi connectivity index (χ1) is 7.03. The Morgan fingerprint density at radius 3 is 2.80 bits per heavy atom. The smallest absolute Gasteiger partial charge is 0.359 e. The van der Waals surface area contributed by atoms with Gasteiger partial charge < -0.3 is 5.32 Å². The molecule has 1 fully saturated rings. The number of carbonyl (C=O) groups is 1. The maximum absolute atomic E-state index is 12.2. The Balaban J connectivity index is 2.32. The van der Waals surface area contributed by atoms with Gasteiger partial charge in [0.1, 0.15) is 0 Å². The molecular formula is C9H15F3N2O. The van der Waals surface area contributed by atoms with Crippen LogP contribution >= 0.6 is 0 Å². The molecule has 1 amide bonds. The summed E-state index contributed by atoms with van der Waals surface area (Å²) in [6, 6.07) is -0.0425. The molecule has 0 radical (unpaired) electrons. The molecule has 1 aliphatic rings. The molecule has 0 aromatic carbocycles. The third-order valence-electron chi connectivity index (χ3n) is 2.59. The minimum Gasteiger partial charge on any atom is -0.359 e. The molecule has 0 spiro atoms. The average molecular weight is 224 g/mol. The van der Waals surface area contributed by atoms with Crippen LogP contribution in [0.5, 0.6) is 0 Å². The molecule has 1 aliphatic heterocycles. The first kappa shape index (κ1) is 12.3. The van der Waals surface area contributed by atoms with Crippen molar-refractivity contribution >= 4 is 6.41 Å². The molecular weight excluding hydrogens is 209 g/mol. The molecule has 88 valence electrons. The van der Waals surface area contributed by atoms with Crippen LogP contribution in [0.3, 0.4) is 0 Å². The fourth-order valence-electron chi connectivity index (χ4n) is 1.97. The first-order valence-electron chi connectivity index (χ1n) is 5.01. The van der Waals surface area contributed by atoms with Crippen molar-refractivity contribution in [3.05, 3.63) is 0 Å². The molecule has 0 aromatic heterocycles. The predicted octanol–water partition coefficient (Wildman–Crippen LogP) is 1.15. The largest absolute Gasteiger partial charge is 0.401 e. The first-order valence-corrected chi connectivity index (χ1v) is 5.01. The van der Waals surface area contributed by atoms with Gasteiger partial charge in [-0.05, 0) is 25.8 Å². The topological polar surface area (TPSA) is 32.3 Å². The van der Waals surface area contributed by atoms with E-state index in [0.29, 0.717) is 25.9 Å². The number of halogens is 3. The van der Waals surface area contributed by atoms with E-state index in [1.165, 1.54) is 4.90 Å². The summed E-state index contributed by atoms with van der Waals surface area (Å²) in [4.78, 5) is 11.4. The summed E-state index contributed by atoms with van der Waals surface area (Å²) in [7, 11) is 0. The number of carbonyl (C=O) groups excluding carboxylic acids is 1. The monoisotopic (exact) mass is 224 g/mol. The second-order valence-electron chi connectivity index (χ2n) is 3.74. The van der Waals surface area contributed by atoms with Gasteiger partial charge in [0.05, 0.1) is 6.54 Å². The van der Waals surface area contributed by atoms with Crippen LogP contribution in [0.4, 0.5) is 13.2 Å². The molecule has 0 aromatic rings. The Hall–Kier alpha value is -0.780. The maximum atomic E-state index is 12.2. The Morgan fingerprint density at radius 2 is 2.20 bits per heavy atom. The average Bonchev–Trinajstić information content (AvgIpc) is 2.50. The van der Waals surface area contributed by atoms with Crippen molar-refractivity contribution in [2.45, 2.75) is 31.5 Å².